The summed E-state index contributed by atoms with van der Waals surface area (Å²) in [6.45, 7) is 0.871. The van der Waals surface area contributed by atoms with E-state index in [0.717, 1.165) is 29.7 Å². The number of alkyl halides is 7. The van der Waals surface area contributed by atoms with Crippen LogP contribution in [0.5, 0.6) is 5.75 Å². The van der Waals surface area contributed by atoms with Gasteiger partial charge in [-0.05, 0) is 24.3 Å². The van der Waals surface area contributed by atoms with Gasteiger partial charge in [0.15, 0.2) is 12.4 Å². The van der Waals surface area contributed by atoms with Gasteiger partial charge in [0, 0.05) is 30.7 Å². The maximum absolute atomic E-state index is 14.6. The van der Waals surface area contributed by atoms with Gasteiger partial charge in [0.2, 0.25) is 0 Å². The number of ether oxygens (including phenoxy) is 1. The van der Waals surface area contributed by atoms with Gasteiger partial charge in [-0.15, -0.1) is 0 Å². The molecule has 0 spiro atoms. The van der Waals surface area contributed by atoms with E-state index >= 15 is 0 Å². The number of carbonyl (C=O) groups is 1. The van der Waals surface area contributed by atoms with E-state index in [0.29, 0.717) is 5.56 Å². The van der Waals surface area contributed by atoms with Crippen molar-refractivity contribution in [3.63, 3.8) is 0 Å². The van der Waals surface area contributed by atoms with Crippen molar-refractivity contribution in [3.05, 3.63) is 58.9 Å². The summed E-state index contributed by atoms with van der Waals surface area (Å²) in [5, 5.41) is 13.9. The first-order valence-electron chi connectivity index (χ1n) is 10.5. The summed E-state index contributed by atoms with van der Waals surface area (Å²) < 4.78 is 94.5. The van der Waals surface area contributed by atoms with E-state index < -0.39 is 54.8 Å². The number of aliphatic carboxylic acids is 1. The Morgan fingerprint density at radius 3 is 2.11 bits per heavy atom. The lowest BCUT2D eigenvalue weighted by atomic mass is 10.2. The molecule has 0 bridgehead atoms. The molecule has 2 N–H and O–H groups in total. The predicted octanol–water partition coefficient (Wildman–Crippen LogP) is 5.18. The van der Waals surface area contributed by atoms with Gasteiger partial charge in [-0.1, -0.05) is 13.8 Å². The average Bonchev–Trinajstić information content (AvgIpc) is 3.37. The molecule has 1 aromatic carbocycles. The largest absolute Gasteiger partial charge is 0.484 e. The SMILES string of the molecule is CCC(F)(F)C(=O)O.CCC(F)(F)c1nc(-c2cn[nH]c2)cc(=O)n1-c1ccc(OCC(F)(F)F)cc1. The van der Waals surface area contributed by atoms with Crippen LogP contribution in [0.3, 0.4) is 0 Å². The summed E-state index contributed by atoms with van der Waals surface area (Å²) >= 11 is 0. The zero-order chi connectivity index (χ0) is 28.0. The smallest absolute Gasteiger partial charge is 0.422 e. The topological polar surface area (TPSA) is 110 Å². The number of nitrogens with one attached hydrogen (secondary N) is 1. The Morgan fingerprint density at radius 2 is 1.68 bits per heavy atom. The quantitative estimate of drug-likeness (QED) is 0.383. The van der Waals surface area contributed by atoms with Gasteiger partial charge in [0.1, 0.15) is 5.75 Å². The summed E-state index contributed by atoms with van der Waals surface area (Å²) in [4.78, 5) is 26.1. The van der Waals surface area contributed by atoms with Crippen molar-refractivity contribution in [3.8, 4) is 22.7 Å². The van der Waals surface area contributed by atoms with Gasteiger partial charge in [-0.3, -0.25) is 14.5 Å². The van der Waals surface area contributed by atoms with E-state index in [9.17, 15) is 40.3 Å². The molecule has 3 rings (SSSR count). The minimum atomic E-state index is -4.52. The van der Waals surface area contributed by atoms with Gasteiger partial charge >= 0.3 is 24.0 Å². The van der Waals surface area contributed by atoms with Crippen molar-refractivity contribution in [1.29, 1.82) is 0 Å². The van der Waals surface area contributed by atoms with Gasteiger partial charge < -0.3 is 9.84 Å². The lowest BCUT2D eigenvalue weighted by Crippen LogP contribution is -2.30. The first-order valence-corrected chi connectivity index (χ1v) is 10.5. The van der Waals surface area contributed by atoms with Crippen LogP contribution in [-0.2, 0) is 10.7 Å². The van der Waals surface area contributed by atoms with Crippen LogP contribution in [-0.4, -0.2) is 49.5 Å². The second kappa shape index (κ2) is 11.4. The van der Waals surface area contributed by atoms with Gasteiger partial charge in [-0.25, -0.2) is 9.78 Å². The van der Waals surface area contributed by atoms with Crippen molar-refractivity contribution in [2.75, 3.05) is 6.61 Å². The molecule has 2 heterocycles. The molecule has 3 aromatic rings. The Kier molecular flexibility index (Phi) is 9.06. The van der Waals surface area contributed by atoms with Gasteiger partial charge in [0.25, 0.3) is 5.56 Å². The maximum atomic E-state index is 14.6. The molecular weight excluding hydrogens is 517 g/mol. The number of nitrogens with zero attached hydrogens (tertiary/aromatic N) is 3. The molecule has 0 saturated carbocycles. The summed E-state index contributed by atoms with van der Waals surface area (Å²) in [7, 11) is 0. The fourth-order valence-corrected chi connectivity index (χ4v) is 2.68. The Morgan fingerprint density at radius 1 is 1.05 bits per heavy atom. The van der Waals surface area contributed by atoms with Gasteiger partial charge in [-0.2, -0.15) is 35.8 Å². The molecular formula is C22H21F7N4O4. The van der Waals surface area contributed by atoms with E-state index in [1.54, 1.807) is 0 Å². The number of benzene rings is 1. The highest BCUT2D eigenvalue weighted by Crippen LogP contribution is 2.32. The molecule has 0 unspecified atom stereocenters. The fourth-order valence-electron chi connectivity index (χ4n) is 2.68. The van der Waals surface area contributed by atoms with Crippen molar-refractivity contribution >= 4 is 5.97 Å². The molecule has 0 aliphatic rings. The molecule has 8 nitrogen and oxygen atoms in total. The Hall–Kier alpha value is -3.91. The molecule has 0 amide bonds. The molecule has 0 saturated heterocycles. The minimum Gasteiger partial charge on any atom is -0.484 e. The molecule has 37 heavy (non-hydrogen) atoms. The summed E-state index contributed by atoms with van der Waals surface area (Å²) in [6, 6.07) is 5.81. The van der Waals surface area contributed by atoms with Gasteiger partial charge in [0.05, 0.1) is 17.6 Å². The molecule has 2 aromatic heterocycles. The van der Waals surface area contributed by atoms with E-state index in [4.69, 9.17) is 5.11 Å². The predicted molar refractivity (Wildman–Crippen MR) is 116 cm³/mol. The van der Waals surface area contributed by atoms with E-state index in [2.05, 4.69) is 19.9 Å². The van der Waals surface area contributed by atoms with Crippen molar-refractivity contribution in [1.82, 2.24) is 19.7 Å². The second-order valence-corrected chi connectivity index (χ2v) is 7.44. The highest BCUT2D eigenvalue weighted by Gasteiger charge is 2.36. The molecule has 0 radical (unpaired) electrons. The van der Waals surface area contributed by atoms with Crippen LogP contribution in [0.15, 0.2) is 47.5 Å². The van der Waals surface area contributed by atoms with Crippen LogP contribution >= 0.6 is 0 Å². The Labute approximate surface area is 204 Å². The molecule has 15 heteroatoms. The van der Waals surface area contributed by atoms with E-state index in [1.807, 2.05) is 0 Å². The molecule has 0 aliphatic heterocycles. The number of hydrogen-bond acceptors (Lipinski definition) is 5. The first-order chi connectivity index (χ1) is 17.1. The Bertz CT molecular complexity index is 1240. The number of carboxylic acids is 1. The molecule has 0 fully saturated rings. The third-order valence-electron chi connectivity index (χ3n) is 4.74. The Balaban J connectivity index is 0.000000521. The van der Waals surface area contributed by atoms with Crippen LogP contribution in [0.2, 0.25) is 0 Å². The number of aromatic nitrogens is 4. The van der Waals surface area contributed by atoms with E-state index in [-0.39, 0.29) is 17.1 Å². The number of halogens is 7. The number of hydrogen-bond donors (Lipinski definition) is 2. The number of aromatic amines is 1. The van der Waals surface area contributed by atoms with Crippen LogP contribution in [0.4, 0.5) is 30.7 Å². The summed E-state index contributed by atoms with van der Waals surface area (Å²) in [5.74, 6) is -9.93. The summed E-state index contributed by atoms with van der Waals surface area (Å²) in [5.41, 5.74) is -0.376. The lowest BCUT2D eigenvalue weighted by molar-refractivity contribution is -0.165. The van der Waals surface area contributed by atoms with Crippen molar-refractivity contribution < 1.29 is 45.4 Å². The van der Waals surface area contributed by atoms with Crippen LogP contribution in [0, 0.1) is 0 Å². The second-order valence-electron chi connectivity index (χ2n) is 7.44. The molecule has 202 valence electrons. The number of carboxylic acid groups (broad SMARTS) is 1. The van der Waals surface area contributed by atoms with Crippen molar-refractivity contribution in [2.45, 2.75) is 44.7 Å². The lowest BCUT2D eigenvalue weighted by Gasteiger charge is -2.20. The van der Waals surface area contributed by atoms with Crippen LogP contribution in [0.1, 0.15) is 32.5 Å². The highest BCUT2D eigenvalue weighted by atomic mass is 19.4. The van der Waals surface area contributed by atoms with E-state index in [1.165, 1.54) is 31.5 Å². The fraction of sp³-hybridized carbons (Fsp3) is 0.364. The molecule has 0 atom stereocenters. The average molecular weight is 538 g/mol. The third kappa shape index (κ3) is 7.79. The zero-order valence-corrected chi connectivity index (χ0v) is 19.3. The summed E-state index contributed by atoms with van der Waals surface area (Å²) in [6.07, 6.45) is -3.03. The monoisotopic (exact) mass is 538 g/mol. The molecule has 0 aliphatic carbocycles. The van der Waals surface area contributed by atoms with Crippen LogP contribution in [0.25, 0.3) is 16.9 Å². The third-order valence-corrected chi connectivity index (χ3v) is 4.74. The number of H-pyrrole nitrogens is 1. The maximum Gasteiger partial charge on any atom is 0.422 e. The zero-order valence-electron chi connectivity index (χ0n) is 19.3. The normalized spacial score (nSPS) is 12.0. The highest BCUT2D eigenvalue weighted by molar-refractivity contribution is 5.75. The minimum absolute atomic E-state index is 0.0173. The standard InChI is InChI=1S/C18H15F5N4O2.C4H6F2O2/c1-2-17(19,20)16-26-14(11-8-24-25-9-11)7-15(28)27(16)12-3-5-13(6-4-12)29-10-18(21,22)23;1-2-4(5,6)3(7)8/h3-9H,2,10H2,1H3,(H,24,25);2H2,1H3,(H,7,8). The van der Waals surface area contributed by atoms with Crippen LogP contribution < -0.4 is 10.3 Å². The van der Waals surface area contributed by atoms with Crippen molar-refractivity contribution in [2.24, 2.45) is 0 Å². The first kappa shape index (κ1) is 29.3. The number of rotatable bonds is 8.